The molecule has 15 heavy (non-hydrogen) atoms. The van der Waals surface area contributed by atoms with Crippen molar-refractivity contribution in [2.75, 3.05) is 0 Å². The minimum absolute atomic E-state index is 0.0316. The van der Waals surface area contributed by atoms with Crippen LogP contribution >= 0.6 is 11.6 Å². The molecule has 81 valence electrons. The van der Waals surface area contributed by atoms with E-state index in [1.807, 2.05) is 12.1 Å². The summed E-state index contributed by atoms with van der Waals surface area (Å²) in [5, 5.41) is 0.850. The quantitative estimate of drug-likeness (QED) is 0.773. The van der Waals surface area contributed by atoms with Gasteiger partial charge in [0.15, 0.2) is 0 Å². The molecule has 0 atom stereocenters. The van der Waals surface area contributed by atoms with E-state index in [0.717, 1.165) is 30.7 Å². The van der Waals surface area contributed by atoms with Crippen LogP contribution in [0.15, 0.2) is 18.2 Å². The van der Waals surface area contributed by atoms with Crippen LogP contribution < -0.4 is 5.73 Å². The van der Waals surface area contributed by atoms with Crippen molar-refractivity contribution in [3.8, 4) is 0 Å². The Balaban J connectivity index is 2.11. The molecule has 1 nitrogen and oxygen atoms in total. The van der Waals surface area contributed by atoms with Crippen LogP contribution in [-0.4, -0.2) is 5.54 Å². The summed E-state index contributed by atoms with van der Waals surface area (Å²) in [5.74, 6) is 0.587. The first-order valence-corrected chi connectivity index (χ1v) is 5.91. The molecule has 1 aromatic carbocycles. The highest BCUT2D eigenvalue weighted by molar-refractivity contribution is 6.31. The van der Waals surface area contributed by atoms with Gasteiger partial charge < -0.3 is 5.73 Å². The van der Waals surface area contributed by atoms with Gasteiger partial charge in [-0.3, -0.25) is 0 Å². The predicted molar refractivity (Wildman–Crippen MR) is 64.1 cm³/mol. The third-order valence-electron chi connectivity index (χ3n) is 3.41. The molecular formula is C13H17ClN. The summed E-state index contributed by atoms with van der Waals surface area (Å²) in [6, 6.07) is 8.89. The van der Waals surface area contributed by atoms with E-state index in [4.69, 9.17) is 17.3 Å². The fourth-order valence-corrected chi connectivity index (χ4v) is 2.62. The number of rotatable bonds is 1. The second-order valence-electron chi connectivity index (χ2n) is 4.88. The summed E-state index contributed by atoms with van der Waals surface area (Å²) in [5.41, 5.74) is 7.42. The fraction of sp³-hybridized carbons (Fsp3) is 0.538. The van der Waals surface area contributed by atoms with Crippen LogP contribution in [0.3, 0.4) is 0 Å². The lowest BCUT2D eigenvalue weighted by atomic mass is 9.76. The standard InChI is InChI=1S/C13H17ClN/c1-13(15)8-6-10(7-9-13)11-4-2-3-5-12(11)14/h2,4-5,10H,6-9,15H2,1H3. The molecule has 2 heteroatoms. The maximum Gasteiger partial charge on any atom is 0.0446 e. The number of benzene rings is 1. The minimum Gasteiger partial charge on any atom is -0.325 e. The van der Waals surface area contributed by atoms with Gasteiger partial charge in [0.1, 0.15) is 0 Å². The molecule has 0 aromatic heterocycles. The summed E-state index contributed by atoms with van der Waals surface area (Å²) >= 11 is 6.17. The molecule has 1 aromatic rings. The average Bonchev–Trinajstić information content (AvgIpc) is 2.19. The van der Waals surface area contributed by atoms with E-state index in [9.17, 15) is 0 Å². The van der Waals surface area contributed by atoms with Gasteiger partial charge in [-0.1, -0.05) is 23.7 Å². The molecule has 1 aliphatic carbocycles. The Morgan fingerprint density at radius 1 is 1.47 bits per heavy atom. The van der Waals surface area contributed by atoms with Crippen molar-refractivity contribution in [3.05, 3.63) is 34.9 Å². The Hall–Kier alpha value is -0.530. The van der Waals surface area contributed by atoms with Gasteiger partial charge in [-0.05, 0) is 56.2 Å². The van der Waals surface area contributed by atoms with E-state index in [2.05, 4.69) is 19.1 Å². The van der Waals surface area contributed by atoms with E-state index in [0.29, 0.717) is 5.92 Å². The molecule has 0 bridgehead atoms. The van der Waals surface area contributed by atoms with Crippen molar-refractivity contribution in [1.82, 2.24) is 0 Å². The third kappa shape index (κ3) is 2.53. The van der Waals surface area contributed by atoms with Crippen molar-refractivity contribution in [2.24, 2.45) is 5.73 Å². The molecule has 1 radical (unpaired) electrons. The van der Waals surface area contributed by atoms with E-state index in [1.165, 1.54) is 5.56 Å². The number of halogens is 1. The molecule has 1 aliphatic rings. The molecule has 1 fully saturated rings. The molecule has 0 saturated heterocycles. The first kappa shape index (κ1) is 11.0. The van der Waals surface area contributed by atoms with Crippen LogP contribution in [0.25, 0.3) is 0 Å². The van der Waals surface area contributed by atoms with Crippen molar-refractivity contribution < 1.29 is 0 Å². The molecule has 0 aliphatic heterocycles. The summed E-state index contributed by atoms with van der Waals surface area (Å²) in [7, 11) is 0. The topological polar surface area (TPSA) is 26.0 Å². The van der Waals surface area contributed by atoms with Crippen LogP contribution in [-0.2, 0) is 0 Å². The maximum atomic E-state index is 6.17. The highest BCUT2D eigenvalue weighted by atomic mass is 35.5. The highest BCUT2D eigenvalue weighted by Gasteiger charge is 2.28. The zero-order valence-corrected chi connectivity index (χ0v) is 9.85. The zero-order valence-electron chi connectivity index (χ0n) is 9.09. The molecule has 0 amide bonds. The van der Waals surface area contributed by atoms with Gasteiger partial charge in [0, 0.05) is 10.6 Å². The maximum absolute atomic E-state index is 6.17. The normalized spacial score (nSPS) is 31.5. The Morgan fingerprint density at radius 2 is 2.13 bits per heavy atom. The molecule has 2 N–H and O–H groups in total. The zero-order chi connectivity index (χ0) is 10.9. The lowest BCUT2D eigenvalue weighted by molar-refractivity contribution is 0.295. The number of hydrogen-bond acceptors (Lipinski definition) is 1. The second kappa shape index (κ2) is 4.15. The molecule has 0 unspecified atom stereocenters. The lowest BCUT2D eigenvalue weighted by Gasteiger charge is -2.34. The van der Waals surface area contributed by atoms with Gasteiger partial charge in [-0.15, -0.1) is 0 Å². The van der Waals surface area contributed by atoms with Crippen molar-refractivity contribution in [3.63, 3.8) is 0 Å². The van der Waals surface area contributed by atoms with E-state index in [-0.39, 0.29) is 5.54 Å². The van der Waals surface area contributed by atoms with Crippen LogP contribution in [0, 0.1) is 6.07 Å². The molecule has 2 rings (SSSR count). The average molecular weight is 223 g/mol. The van der Waals surface area contributed by atoms with Crippen molar-refractivity contribution in [2.45, 2.75) is 44.1 Å². The Kier molecular flexibility index (Phi) is 3.03. The van der Waals surface area contributed by atoms with Crippen molar-refractivity contribution >= 4 is 11.6 Å². The van der Waals surface area contributed by atoms with Crippen molar-refractivity contribution in [1.29, 1.82) is 0 Å². The molecular weight excluding hydrogens is 206 g/mol. The fourth-order valence-electron chi connectivity index (χ4n) is 2.34. The van der Waals surface area contributed by atoms with E-state index >= 15 is 0 Å². The SMILES string of the molecule is CC1(N)CCC(c2cc[c]cc2Cl)CC1. The van der Waals surface area contributed by atoms with Gasteiger partial charge in [0.2, 0.25) is 0 Å². The molecule has 0 heterocycles. The first-order chi connectivity index (χ1) is 7.08. The van der Waals surface area contributed by atoms with Gasteiger partial charge in [-0.2, -0.15) is 0 Å². The molecule has 1 saturated carbocycles. The third-order valence-corrected chi connectivity index (χ3v) is 3.74. The van der Waals surface area contributed by atoms with Crippen LogP contribution in [0.5, 0.6) is 0 Å². The Morgan fingerprint density at radius 3 is 2.73 bits per heavy atom. The minimum atomic E-state index is 0.0316. The van der Waals surface area contributed by atoms with E-state index in [1.54, 1.807) is 0 Å². The number of hydrogen-bond donors (Lipinski definition) is 1. The Bertz CT molecular complexity index is 336. The van der Waals surface area contributed by atoms with Gasteiger partial charge in [0.05, 0.1) is 0 Å². The van der Waals surface area contributed by atoms with Gasteiger partial charge in [0.25, 0.3) is 0 Å². The summed E-state index contributed by atoms with van der Waals surface area (Å²) in [4.78, 5) is 0. The smallest absolute Gasteiger partial charge is 0.0446 e. The number of nitrogens with two attached hydrogens (primary N) is 1. The summed E-state index contributed by atoms with van der Waals surface area (Å²) in [6.45, 7) is 2.14. The van der Waals surface area contributed by atoms with Crippen LogP contribution in [0.4, 0.5) is 0 Å². The predicted octanol–water partition coefficient (Wildman–Crippen LogP) is 3.52. The summed E-state index contributed by atoms with van der Waals surface area (Å²) < 4.78 is 0. The van der Waals surface area contributed by atoms with Crippen LogP contribution in [0.2, 0.25) is 5.02 Å². The van der Waals surface area contributed by atoms with Crippen LogP contribution in [0.1, 0.15) is 44.1 Å². The van der Waals surface area contributed by atoms with E-state index < -0.39 is 0 Å². The summed E-state index contributed by atoms with van der Waals surface area (Å²) in [6.07, 6.45) is 4.48. The lowest BCUT2D eigenvalue weighted by Crippen LogP contribution is -2.39. The highest BCUT2D eigenvalue weighted by Crippen LogP contribution is 2.38. The largest absolute Gasteiger partial charge is 0.325 e. The Labute approximate surface area is 96.6 Å². The van der Waals surface area contributed by atoms with Gasteiger partial charge in [-0.25, -0.2) is 0 Å². The second-order valence-corrected chi connectivity index (χ2v) is 5.28. The monoisotopic (exact) mass is 222 g/mol. The molecule has 0 spiro atoms. The van der Waals surface area contributed by atoms with Gasteiger partial charge >= 0.3 is 0 Å². The first-order valence-electron chi connectivity index (χ1n) is 5.53.